The number of hydrogen-bond acceptors (Lipinski definition) is 3. The van der Waals surface area contributed by atoms with E-state index in [0.29, 0.717) is 18.9 Å². The fourth-order valence-electron chi connectivity index (χ4n) is 4.84. The molecular weight excluding hydrogens is 340 g/mol. The number of carbonyl (C=O) groups excluding carboxylic acids is 1. The van der Waals surface area contributed by atoms with Crippen LogP contribution in [0.25, 0.3) is 0 Å². The van der Waals surface area contributed by atoms with Crippen LogP contribution in [-0.4, -0.2) is 52.5 Å². The fourth-order valence-corrected chi connectivity index (χ4v) is 4.84. The van der Waals surface area contributed by atoms with Gasteiger partial charge in [-0.2, -0.15) is 0 Å². The highest BCUT2D eigenvalue weighted by Crippen LogP contribution is 2.45. The number of benzene rings is 1. The number of carboxylic acid groups (broad SMARTS) is 1. The van der Waals surface area contributed by atoms with Gasteiger partial charge in [0.2, 0.25) is 5.91 Å². The molecule has 5 heteroatoms. The molecule has 1 atom stereocenters. The Balaban J connectivity index is 1.44. The van der Waals surface area contributed by atoms with Crippen molar-refractivity contribution in [2.75, 3.05) is 19.6 Å². The van der Waals surface area contributed by atoms with E-state index in [2.05, 4.69) is 36.9 Å². The van der Waals surface area contributed by atoms with Crippen molar-refractivity contribution in [1.82, 2.24) is 9.80 Å². The molecule has 2 saturated heterocycles. The molecule has 0 unspecified atom stereocenters. The third-order valence-electron chi connectivity index (χ3n) is 6.91. The van der Waals surface area contributed by atoms with E-state index >= 15 is 0 Å². The van der Waals surface area contributed by atoms with Crippen LogP contribution in [0, 0.1) is 25.2 Å². The van der Waals surface area contributed by atoms with Crippen LogP contribution in [0.2, 0.25) is 0 Å². The van der Waals surface area contributed by atoms with Gasteiger partial charge in [-0.1, -0.05) is 18.2 Å². The molecule has 2 heterocycles. The smallest absolute Gasteiger partial charge is 0.320 e. The number of piperidine rings is 1. The van der Waals surface area contributed by atoms with Gasteiger partial charge in [0.1, 0.15) is 6.04 Å². The first kappa shape index (κ1) is 18.5. The summed E-state index contributed by atoms with van der Waals surface area (Å²) < 4.78 is 0. The molecule has 1 saturated carbocycles. The molecule has 1 aliphatic carbocycles. The van der Waals surface area contributed by atoms with Crippen molar-refractivity contribution in [2.24, 2.45) is 11.3 Å². The zero-order valence-corrected chi connectivity index (χ0v) is 16.4. The Morgan fingerprint density at radius 3 is 2.44 bits per heavy atom. The lowest BCUT2D eigenvalue weighted by Crippen LogP contribution is -2.44. The maximum Gasteiger partial charge on any atom is 0.320 e. The van der Waals surface area contributed by atoms with Crippen LogP contribution in [0.4, 0.5) is 0 Å². The predicted molar refractivity (Wildman–Crippen MR) is 103 cm³/mol. The third-order valence-corrected chi connectivity index (χ3v) is 6.91. The Bertz CT molecular complexity index is 748. The van der Waals surface area contributed by atoms with Crippen LogP contribution in [0.3, 0.4) is 0 Å². The minimum absolute atomic E-state index is 0.0448. The lowest BCUT2D eigenvalue weighted by atomic mass is 9.76. The summed E-state index contributed by atoms with van der Waals surface area (Å²) in [4.78, 5) is 28.4. The standard InChI is InChI=1S/C22H30N2O3/c1-15-3-4-17(11-16(15)2)13-24-14-22(12-19(24)21(26)27)7-9-23(10-8-22)20(25)18-5-6-18/h3-4,11,18-19H,5-10,12-14H2,1-2H3,(H,26,27)/t19-/m0/s1. The molecule has 0 radical (unpaired) electrons. The van der Waals surface area contributed by atoms with Gasteiger partial charge in [0, 0.05) is 32.1 Å². The first-order valence-electron chi connectivity index (χ1n) is 10.2. The lowest BCUT2D eigenvalue weighted by molar-refractivity contribution is -0.142. The monoisotopic (exact) mass is 370 g/mol. The molecule has 2 aliphatic heterocycles. The summed E-state index contributed by atoms with van der Waals surface area (Å²) in [6.07, 6.45) is 4.66. The molecule has 1 aromatic carbocycles. The second-order valence-corrected chi connectivity index (χ2v) is 8.98. The topological polar surface area (TPSA) is 60.9 Å². The molecule has 3 fully saturated rings. The summed E-state index contributed by atoms with van der Waals surface area (Å²) in [5, 5.41) is 9.79. The maximum atomic E-state index is 12.3. The first-order chi connectivity index (χ1) is 12.9. The van der Waals surface area contributed by atoms with Gasteiger partial charge in [-0.15, -0.1) is 0 Å². The summed E-state index contributed by atoms with van der Waals surface area (Å²) in [6.45, 7) is 7.29. The highest BCUT2D eigenvalue weighted by Gasteiger charge is 2.49. The van der Waals surface area contributed by atoms with Crippen molar-refractivity contribution in [3.05, 3.63) is 34.9 Å². The molecule has 146 valence electrons. The average molecular weight is 370 g/mol. The third kappa shape index (κ3) is 3.75. The van der Waals surface area contributed by atoms with Gasteiger partial charge >= 0.3 is 5.97 Å². The van der Waals surface area contributed by atoms with Crippen LogP contribution >= 0.6 is 0 Å². The van der Waals surface area contributed by atoms with Gasteiger partial charge in [-0.25, -0.2) is 0 Å². The van der Waals surface area contributed by atoms with Crippen LogP contribution in [0.15, 0.2) is 18.2 Å². The molecule has 4 rings (SSSR count). The lowest BCUT2D eigenvalue weighted by Gasteiger charge is -2.39. The Labute approximate surface area is 161 Å². The van der Waals surface area contributed by atoms with E-state index in [9.17, 15) is 14.7 Å². The van der Waals surface area contributed by atoms with Crippen LogP contribution in [0.5, 0.6) is 0 Å². The SMILES string of the molecule is Cc1ccc(CN2CC3(CCN(C(=O)C4CC4)CC3)C[C@H]2C(=O)O)cc1C. The molecule has 27 heavy (non-hydrogen) atoms. The fraction of sp³-hybridized carbons (Fsp3) is 0.636. The highest BCUT2D eigenvalue weighted by atomic mass is 16.4. The van der Waals surface area contributed by atoms with Gasteiger partial charge in [0.05, 0.1) is 0 Å². The number of aryl methyl sites for hydroxylation is 2. The second kappa shape index (κ2) is 6.93. The Kier molecular flexibility index (Phi) is 4.75. The minimum atomic E-state index is -0.716. The van der Waals surface area contributed by atoms with Crippen LogP contribution in [-0.2, 0) is 16.1 Å². The minimum Gasteiger partial charge on any atom is -0.480 e. The summed E-state index contributed by atoms with van der Waals surface area (Å²) >= 11 is 0. The van der Waals surface area contributed by atoms with Gasteiger partial charge in [0.25, 0.3) is 0 Å². The van der Waals surface area contributed by atoms with E-state index < -0.39 is 12.0 Å². The van der Waals surface area contributed by atoms with E-state index in [0.717, 1.165) is 45.3 Å². The number of carbonyl (C=O) groups is 2. The number of rotatable bonds is 4. The van der Waals surface area contributed by atoms with E-state index in [4.69, 9.17) is 0 Å². The second-order valence-electron chi connectivity index (χ2n) is 8.98. The molecule has 3 aliphatic rings. The summed E-state index contributed by atoms with van der Waals surface area (Å²) in [6, 6.07) is 5.99. The van der Waals surface area contributed by atoms with E-state index in [-0.39, 0.29) is 11.3 Å². The molecule has 5 nitrogen and oxygen atoms in total. The zero-order valence-electron chi connectivity index (χ0n) is 16.4. The van der Waals surface area contributed by atoms with E-state index in [1.54, 1.807) is 0 Å². The number of amides is 1. The van der Waals surface area contributed by atoms with Gasteiger partial charge in [-0.3, -0.25) is 14.5 Å². The molecule has 1 amide bonds. The number of likely N-dealkylation sites (tertiary alicyclic amines) is 2. The van der Waals surface area contributed by atoms with Crippen molar-refractivity contribution in [3.8, 4) is 0 Å². The van der Waals surface area contributed by atoms with Crippen LogP contribution < -0.4 is 0 Å². The number of nitrogens with zero attached hydrogens (tertiary/aromatic N) is 2. The molecule has 1 spiro atoms. The molecular formula is C22H30N2O3. The van der Waals surface area contributed by atoms with E-state index in [1.165, 1.54) is 16.7 Å². The maximum absolute atomic E-state index is 12.3. The van der Waals surface area contributed by atoms with Gasteiger partial charge in [-0.05, 0) is 68.1 Å². The Morgan fingerprint density at radius 1 is 1.15 bits per heavy atom. The number of carboxylic acids is 1. The summed E-state index contributed by atoms with van der Waals surface area (Å²) in [7, 11) is 0. The number of hydrogen-bond donors (Lipinski definition) is 1. The molecule has 1 aromatic rings. The Hall–Kier alpha value is -1.88. The van der Waals surface area contributed by atoms with Gasteiger partial charge in [0.15, 0.2) is 0 Å². The van der Waals surface area contributed by atoms with Crippen LogP contribution in [0.1, 0.15) is 48.8 Å². The quantitative estimate of drug-likeness (QED) is 0.885. The Morgan fingerprint density at radius 2 is 1.85 bits per heavy atom. The summed E-state index contributed by atoms with van der Waals surface area (Å²) in [5.74, 6) is -0.118. The highest BCUT2D eigenvalue weighted by molar-refractivity contribution is 5.81. The van der Waals surface area contributed by atoms with Gasteiger partial charge < -0.3 is 10.0 Å². The van der Waals surface area contributed by atoms with Crippen molar-refractivity contribution in [3.63, 3.8) is 0 Å². The molecule has 1 N–H and O–H groups in total. The van der Waals surface area contributed by atoms with Crippen molar-refractivity contribution in [2.45, 2.75) is 58.5 Å². The van der Waals surface area contributed by atoms with Crippen molar-refractivity contribution >= 4 is 11.9 Å². The first-order valence-corrected chi connectivity index (χ1v) is 10.2. The van der Waals surface area contributed by atoms with Crippen molar-refractivity contribution in [1.29, 1.82) is 0 Å². The number of aliphatic carboxylic acids is 1. The predicted octanol–water partition coefficient (Wildman–Crippen LogP) is 2.98. The molecule has 0 bridgehead atoms. The molecule has 0 aromatic heterocycles. The van der Waals surface area contributed by atoms with Crippen molar-refractivity contribution < 1.29 is 14.7 Å². The average Bonchev–Trinajstić information content (AvgIpc) is 3.42. The zero-order chi connectivity index (χ0) is 19.2. The van der Waals surface area contributed by atoms with E-state index in [1.807, 2.05) is 4.90 Å². The normalized spacial score (nSPS) is 25.1. The summed E-state index contributed by atoms with van der Waals surface area (Å²) in [5.41, 5.74) is 3.74. The largest absolute Gasteiger partial charge is 0.480 e.